The van der Waals surface area contributed by atoms with E-state index < -0.39 is 0 Å². The zero-order chi connectivity index (χ0) is 20.5. The summed E-state index contributed by atoms with van der Waals surface area (Å²) in [6.45, 7) is 0. The summed E-state index contributed by atoms with van der Waals surface area (Å²) >= 11 is 0. The van der Waals surface area contributed by atoms with Gasteiger partial charge < -0.3 is 12.9 Å². The molecule has 6 radical (unpaired) electrons. The first-order chi connectivity index (χ1) is 11.5. The summed E-state index contributed by atoms with van der Waals surface area (Å²) in [5.41, 5.74) is 0. The Morgan fingerprint density at radius 3 is 0.389 bits per heavy atom. The van der Waals surface area contributed by atoms with E-state index >= 15 is 0 Å². The van der Waals surface area contributed by atoms with Crippen LogP contribution in [0.4, 0.5) is 12.9 Å². The first-order valence-electron chi connectivity index (χ1n) is 4.28. The van der Waals surface area contributed by atoms with E-state index in [1.54, 1.807) is 0 Å². The summed E-state index contributed by atoms with van der Waals surface area (Å²) < 4.78 is 30.7. The molecule has 0 aliphatic rings. The van der Waals surface area contributed by atoms with Crippen molar-refractivity contribution in [3.05, 3.63) is 0 Å². The minimum Gasteiger partial charge on any atom is -0.579 e. The molecule has 0 fully saturated rings. The Labute approximate surface area is 310 Å². The standard InChI is InChI=1S/3C2N2.3CBFN.9CH4.K.2Na/c3*3-1-2-4;3*3-2-1-4;;;;;;;;;;;;/h;;;;;;9*1H4;;;/q;;;3*-1;;;;;;;;;;3*+1. The molecular formula is C18H36B3F3KN9Na2. The third-order valence-corrected chi connectivity index (χ3v) is 0.296. The molecule has 0 bridgehead atoms. The molecule has 0 amide bonds. The van der Waals surface area contributed by atoms with Crippen LogP contribution < -0.4 is 110 Å². The second kappa shape index (κ2) is 305. The van der Waals surface area contributed by atoms with E-state index in [0.717, 1.165) is 17.9 Å². The molecule has 0 aromatic heterocycles. The van der Waals surface area contributed by atoms with Crippen molar-refractivity contribution in [2.24, 2.45) is 0 Å². The van der Waals surface area contributed by atoms with Gasteiger partial charge in [0.15, 0.2) is 36.4 Å². The molecule has 0 aromatic carbocycles. The number of hydrogen-bond donors (Lipinski definition) is 0. The zero-order valence-corrected chi connectivity index (χ0v) is 21.5. The van der Waals surface area contributed by atoms with E-state index in [9.17, 15) is 12.9 Å². The molecule has 0 aliphatic heterocycles. The average molecular weight is 553 g/mol. The van der Waals surface area contributed by atoms with Crippen LogP contribution in [0, 0.1) is 102 Å². The Balaban J connectivity index is -0.00000000633. The smallest absolute Gasteiger partial charge is 0.579 e. The molecule has 0 atom stereocenters. The topological polar surface area (TPSA) is 214 Å². The largest absolute Gasteiger partial charge is 1.00 e. The quantitative estimate of drug-likeness (QED) is 0.279. The van der Waals surface area contributed by atoms with Gasteiger partial charge in [-0.2, -0.15) is 49.5 Å². The molecular weight excluding hydrogens is 517 g/mol. The predicted octanol–water partition coefficient (Wildman–Crippen LogP) is -2.99. The number of hydrogen-bond acceptors (Lipinski definition) is 9. The summed E-state index contributed by atoms with van der Waals surface area (Å²) in [5.74, 6) is 3.42. The third-order valence-electron chi connectivity index (χ3n) is 0.296. The molecule has 0 saturated carbocycles. The molecule has 186 valence electrons. The fraction of sp³-hybridized carbons (Fsp3) is 0.500. The van der Waals surface area contributed by atoms with Gasteiger partial charge in [0, 0.05) is 22.7 Å². The molecule has 0 saturated heterocycles. The van der Waals surface area contributed by atoms with Crippen molar-refractivity contribution in [2.45, 2.75) is 66.8 Å². The van der Waals surface area contributed by atoms with E-state index in [1.807, 2.05) is 0 Å². The normalized spacial score (nSPS) is 2.50. The summed E-state index contributed by atoms with van der Waals surface area (Å²) in [4.78, 5) is 0. The Bertz CT molecular complexity index is 524. The second-order valence-electron chi connectivity index (χ2n) is 1.39. The maximum absolute atomic E-state index is 10.2. The van der Waals surface area contributed by atoms with Gasteiger partial charge in [-0.05, 0) is 0 Å². The van der Waals surface area contributed by atoms with Crippen molar-refractivity contribution in [3.63, 3.8) is 0 Å². The molecule has 9 nitrogen and oxygen atoms in total. The van der Waals surface area contributed by atoms with Gasteiger partial charge in [0.2, 0.25) is 0 Å². The fourth-order valence-corrected chi connectivity index (χ4v) is 0. The Kier molecular flexibility index (Phi) is 1190. The maximum atomic E-state index is 10.2. The van der Waals surface area contributed by atoms with Gasteiger partial charge in [-0.15, -0.1) is 0 Å². The van der Waals surface area contributed by atoms with E-state index in [2.05, 4.69) is 0 Å². The molecule has 0 unspecified atom stereocenters. The SMILES string of the molecule is C.C.C.C.C.C.C.C.C.N#CC#N.N#CC#N.N#CC#N.N#C[B-]F.N#C[B-]F.N#C[B-]F.[K+].[Na+].[Na+]. The minimum atomic E-state index is -0.0694. The molecule has 0 spiro atoms. The fourth-order valence-electron chi connectivity index (χ4n) is 0. The Morgan fingerprint density at radius 1 is 0.333 bits per heavy atom. The molecule has 0 aliphatic carbocycles. The van der Waals surface area contributed by atoms with Gasteiger partial charge in [-0.25, -0.2) is 0 Å². The average Bonchev–Trinajstić information content (AvgIpc) is 2.68. The number of rotatable bonds is 0. The number of nitriles is 9. The second-order valence-corrected chi connectivity index (χ2v) is 1.39. The summed E-state index contributed by atoms with van der Waals surface area (Å²) in [6.07, 6.45) is 0. The first-order valence-corrected chi connectivity index (χ1v) is 4.28. The van der Waals surface area contributed by atoms with Crippen molar-refractivity contribution in [1.29, 1.82) is 47.4 Å². The predicted molar refractivity (Wildman–Crippen MR) is 132 cm³/mol. The van der Waals surface area contributed by atoms with Gasteiger partial charge in [0.25, 0.3) is 0 Å². The van der Waals surface area contributed by atoms with Crippen LogP contribution in [-0.4, -0.2) is 22.7 Å². The van der Waals surface area contributed by atoms with Gasteiger partial charge in [0.1, 0.15) is 0 Å². The zero-order valence-electron chi connectivity index (χ0n) is 14.4. The maximum Gasteiger partial charge on any atom is 1.00 e. The molecule has 0 N–H and O–H groups in total. The summed E-state index contributed by atoms with van der Waals surface area (Å²) in [5, 5.41) is 65.2. The monoisotopic (exact) mass is 553 g/mol. The van der Waals surface area contributed by atoms with Crippen LogP contribution in [0.1, 0.15) is 66.8 Å². The van der Waals surface area contributed by atoms with Gasteiger partial charge in [-0.1, -0.05) is 66.8 Å². The van der Waals surface area contributed by atoms with Gasteiger partial charge >= 0.3 is 110 Å². The molecule has 0 heterocycles. The van der Waals surface area contributed by atoms with Crippen molar-refractivity contribution >= 4 is 22.7 Å². The number of halogens is 3. The van der Waals surface area contributed by atoms with Crippen LogP contribution in [0.2, 0.25) is 0 Å². The van der Waals surface area contributed by atoms with E-state index in [4.69, 9.17) is 47.4 Å². The van der Waals surface area contributed by atoms with Gasteiger partial charge in [-0.3, -0.25) is 15.8 Å². The van der Waals surface area contributed by atoms with E-state index in [1.165, 1.54) is 36.4 Å². The van der Waals surface area contributed by atoms with Crippen molar-refractivity contribution in [3.8, 4) is 54.3 Å². The van der Waals surface area contributed by atoms with Crippen molar-refractivity contribution in [1.82, 2.24) is 0 Å². The van der Waals surface area contributed by atoms with Crippen molar-refractivity contribution < 1.29 is 123 Å². The van der Waals surface area contributed by atoms with E-state index in [0.29, 0.717) is 0 Å². The number of nitrogens with zero attached hydrogens (tertiary/aromatic N) is 9. The molecule has 36 heavy (non-hydrogen) atoms. The van der Waals surface area contributed by atoms with Crippen LogP contribution in [0.15, 0.2) is 0 Å². The summed E-state index contributed by atoms with van der Waals surface area (Å²) in [6, 6.07) is 7.42. The molecule has 18 heteroatoms. The van der Waals surface area contributed by atoms with Crippen LogP contribution in [0.5, 0.6) is 0 Å². The first kappa shape index (κ1) is 140. The minimum absolute atomic E-state index is 0. The van der Waals surface area contributed by atoms with Crippen LogP contribution in [0.3, 0.4) is 0 Å². The third kappa shape index (κ3) is 1340. The van der Waals surface area contributed by atoms with Crippen LogP contribution in [0.25, 0.3) is 0 Å². The van der Waals surface area contributed by atoms with Gasteiger partial charge in [0.05, 0.1) is 0 Å². The van der Waals surface area contributed by atoms with E-state index in [-0.39, 0.29) is 200 Å². The Hall–Kier alpha value is -0.969. The van der Waals surface area contributed by atoms with Crippen molar-refractivity contribution in [2.75, 3.05) is 0 Å². The Morgan fingerprint density at radius 2 is 0.389 bits per heavy atom. The molecule has 0 aromatic rings. The molecule has 0 rings (SSSR count). The van der Waals surface area contributed by atoms with Crippen LogP contribution in [-0.2, 0) is 0 Å². The summed E-state index contributed by atoms with van der Waals surface area (Å²) in [7, 11) is -0.208. The van der Waals surface area contributed by atoms with Crippen LogP contribution >= 0.6 is 0 Å².